The zero-order chi connectivity index (χ0) is 13.7. The highest BCUT2D eigenvalue weighted by Crippen LogP contribution is 2.21. The van der Waals surface area contributed by atoms with Gasteiger partial charge < -0.3 is 15.0 Å². The number of likely N-dealkylation sites (tertiary alicyclic amines) is 1. The predicted molar refractivity (Wildman–Crippen MR) is 79.6 cm³/mol. The summed E-state index contributed by atoms with van der Waals surface area (Å²) in [4.78, 5) is 2.58. The number of benzene rings is 1. The molecule has 1 N–H and O–H groups in total. The Balaban J connectivity index is 1.98. The molecule has 2 unspecified atom stereocenters. The highest BCUT2D eigenvalue weighted by atomic mass is 16.5. The quantitative estimate of drug-likeness (QED) is 0.883. The van der Waals surface area contributed by atoms with E-state index in [1.165, 1.54) is 31.5 Å². The first-order chi connectivity index (χ1) is 9.22. The van der Waals surface area contributed by atoms with Crippen LogP contribution < -0.4 is 10.1 Å². The summed E-state index contributed by atoms with van der Waals surface area (Å²) in [5.41, 5.74) is 1.33. The molecule has 0 amide bonds. The number of nitrogens with zero attached hydrogens (tertiary/aromatic N) is 1. The van der Waals surface area contributed by atoms with E-state index >= 15 is 0 Å². The average molecular weight is 262 g/mol. The molecule has 1 aliphatic heterocycles. The minimum atomic E-state index is 0.399. The number of hydrogen-bond donors (Lipinski definition) is 1. The molecule has 2 rings (SSSR count). The monoisotopic (exact) mass is 262 g/mol. The van der Waals surface area contributed by atoms with Crippen molar-refractivity contribution in [3.63, 3.8) is 0 Å². The standard InChI is InChI=1S/C16H26N2O/c1-13-5-4-10-18(11-13)12-16(17-2)14-6-8-15(19-3)9-7-14/h6-9,13,16-17H,4-5,10-12H2,1-3H3. The maximum atomic E-state index is 5.22. The Morgan fingerprint density at radius 1 is 1.37 bits per heavy atom. The topological polar surface area (TPSA) is 24.5 Å². The molecule has 1 heterocycles. The normalized spacial score (nSPS) is 22.2. The van der Waals surface area contributed by atoms with E-state index in [1.807, 2.05) is 19.2 Å². The van der Waals surface area contributed by atoms with Gasteiger partial charge in [-0.1, -0.05) is 19.1 Å². The van der Waals surface area contributed by atoms with Crippen molar-refractivity contribution in [1.82, 2.24) is 10.2 Å². The number of hydrogen-bond acceptors (Lipinski definition) is 3. The second kappa shape index (κ2) is 6.92. The molecule has 0 bridgehead atoms. The smallest absolute Gasteiger partial charge is 0.118 e. The van der Waals surface area contributed by atoms with Crippen molar-refractivity contribution in [2.75, 3.05) is 33.8 Å². The predicted octanol–water partition coefficient (Wildman–Crippen LogP) is 2.69. The fourth-order valence-electron chi connectivity index (χ4n) is 2.91. The van der Waals surface area contributed by atoms with Gasteiger partial charge in [0.2, 0.25) is 0 Å². The number of methoxy groups -OCH3 is 1. The van der Waals surface area contributed by atoms with Crippen molar-refractivity contribution < 1.29 is 4.74 Å². The van der Waals surface area contributed by atoms with Crippen LogP contribution in [-0.4, -0.2) is 38.7 Å². The number of nitrogens with one attached hydrogen (secondary N) is 1. The van der Waals surface area contributed by atoms with E-state index in [4.69, 9.17) is 4.74 Å². The van der Waals surface area contributed by atoms with E-state index in [-0.39, 0.29) is 0 Å². The summed E-state index contributed by atoms with van der Waals surface area (Å²) in [5.74, 6) is 1.76. The van der Waals surface area contributed by atoms with Gasteiger partial charge in [-0.2, -0.15) is 0 Å². The highest BCUT2D eigenvalue weighted by molar-refractivity contribution is 5.29. The lowest BCUT2D eigenvalue weighted by Crippen LogP contribution is -2.39. The molecule has 1 aliphatic rings. The summed E-state index contributed by atoms with van der Waals surface area (Å²) in [7, 11) is 3.75. The molecule has 0 saturated carbocycles. The van der Waals surface area contributed by atoms with Crippen LogP contribution in [0.1, 0.15) is 31.4 Å². The molecule has 0 aliphatic carbocycles. The Morgan fingerprint density at radius 3 is 2.68 bits per heavy atom. The van der Waals surface area contributed by atoms with Gasteiger partial charge in [-0.05, 0) is 50.0 Å². The van der Waals surface area contributed by atoms with Crippen LogP contribution in [0, 0.1) is 5.92 Å². The first kappa shape index (κ1) is 14.4. The van der Waals surface area contributed by atoms with Crippen LogP contribution in [0.25, 0.3) is 0 Å². The Kier molecular flexibility index (Phi) is 5.23. The molecule has 1 fully saturated rings. The van der Waals surface area contributed by atoms with Gasteiger partial charge in [0.1, 0.15) is 5.75 Å². The third-order valence-corrected chi connectivity index (χ3v) is 4.05. The Morgan fingerprint density at radius 2 is 2.11 bits per heavy atom. The van der Waals surface area contributed by atoms with Crippen molar-refractivity contribution in [3.05, 3.63) is 29.8 Å². The SMILES string of the molecule is CNC(CN1CCCC(C)C1)c1ccc(OC)cc1. The Hall–Kier alpha value is -1.06. The summed E-state index contributed by atoms with van der Waals surface area (Å²) < 4.78 is 5.22. The van der Waals surface area contributed by atoms with E-state index in [0.29, 0.717) is 6.04 Å². The Labute approximate surface area is 116 Å². The maximum Gasteiger partial charge on any atom is 0.118 e. The van der Waals surface area contributed by atoms with Gasteiger partial charge in [-0.25, -0.2) is 0 Å². The van der Waals surface area contributed by atoms with Gasteiger partial charge in [0, 0.05) is 19.1 Å². The average Bonchev–Trinajstić information content (AvgIpc) is 2.45. The van der Waals surface area contributed by atoms with Crippen LogP contribution in [0.15, 0.2) is 24.3 Å². The molecule has 0 radical (unpaired) electrons. The first-order valence-electron chi connectivity index (χ1n) is 7.26. The minimum Gasteiger partial charge on any atom is -0.497 e. The molecule has 2 atom stereocenters. The van der Waals surface area contributed by atoms with E-state index in [1.54, 1.807) is 7.11 Å². The van der Waals surface area contributed by atoms with Gasteiger partial charge in [0.15, 0.2) is 0 Å². The summed E-state index contributed by atoms with van der Waals surface area (Å²) in [6.45, 7) is 5.91. The van der Waals surface area contributed by atoms with Crippen LogP contribution in [0.3, 0.4) is 0 Å². The zero-order valence-corrected chi connectivity index (χ0v) is 12.4. The second-order valence-electron chi connectivity index (χ2n) is 5.62. The molecule has 0 spiro atoms. The fraction of sp³-hybridized carbons (Fsp3) is 0.625. The lowest BCUT2D eigenvalue weighted by molar-refractivity contribution is 0.169. The fourth-order valence-corrected chi connectivity index (χ4v) is 2.91. The lowest BCUT2D eigenvalue weighted by atomic mass is 9.98. The maximum absolute atomic E-state index is 5.22. The molecule has 1 aromatic carbocycles. The van der Waals surface area contributed by atoms with Crippen LogP contribution in [0.5, 0.6) is 5.75 Å². The minimum absolute atomic E-state index is 0.399. The third-order valence-electron chi connectivity index (χ3n) is 4.05. The number of likely N-dealkylation sites (N-methyl/N-ethyl adjacent to an activating group) is 1. The Bertz CT molecular complexity index is 377. The summed E-state index contributed by atoms with van der Waals surface area (Å²) in [6.07, 6.45) is 2.71. The van der Waals surface area contributed by atoms with Crippen LogP contribution in [-0.2, 0) is 0 Å². The van der Waals surface area contributed by atoms with Gasteiger partial charge in [0.05, 0.1) is 7.11 Å². The summed E-state index contributed by atoms with van der Waals surface area (Å²) >= 11 is 0. The van der Waals surface area contributed by atoms with Crippen molar-refractivity contribution in [2.24, 2.45) is 5.92 Å². The second-order valence-corrected chi connectivity index (χ2v) is 5.62. The summed E-state index contributed by atoms with van der Waals surface area (Å²) in [5, 5.41) is 3.44. The van der Waals surface area contributed by atoms with Gasteiger partial charge in [0.25, 0.3) is 0 Å². The van der Waals surface area contributed by atoms with E-state index in [2.05, 4.69) is 29.3 Å². The molecular weight excluding hydrogens is 236 g/mol. The molecule has 3 heteroatoms. The lowest BCUT2D eigenvalue weighted by Gasteiger charge is -2.33. The van der Waals surface area contributed by atoms with Crippen molar-refractivity contribution in [2.45, 2.75) is 25.8 Å². The van der Waals surface area contributed by atoms with Gasteiger partial charge in [-0.15, -0.1) is 0 Å². The molecule has 3 nitrogen and oxygen atoms in total. The zero-order valence-electron chi connectivity index (χ0n) is 12.4. The molecule has 0 aromatic heterocycles. The number of piperidine rings is 1. The molecule has 1 saturated heterocycles. The van der Waals surface area contributed by atoms with Crippen molar-refractivity contribution >= 4 is 0 Å². The van der Waals surface area contributed by atoms with E-state index in [0.717, 1.165) is 18.2 Å². The molecule has 106 valence electrons. The number of ether oxygens (including phenoxy) is 1. The summed E-state index contributed by atoms with van der Waals surface area (Å²) in [6, 6.07) is 8.80. The van der Waals surface area contributed by atoms with Crippen LogP contribution in [0.2, 0.25) is 0 Å². The third kappa shape index (κ3) is 3.95. The van der Waals surface area contributed by atoms with Crippen molar-refractivity contribution in [3.8, 4) is 5.75 Å². The van der Waals surface area contributed by atoms with Crippen molar-refractivity contribution in [1.29, 1.82) is 0 Å². The largest absolute Gasteiger partial charge is 0.497 e. The van der Waals surface area contributed by atoms with Crippen LogP contribution >= 0.6 is 0 Å². The van der Waals surface area contributed by atoms with E-state index < -0.39 is 0 Å². The first-order valence-corrected chi connectivity index (χ1v) is 7.26. The van der Waals surface area contributed by atoms with Gasteiger partial charge >= 0.3 is 0 Å². The van der Waals surface area contributed by atoms with Crippen LogP contribution in [0.4, 0.5) is 0 Å². The van der Waals surface area contributed by atoms with E-state index in [9.17, 15) is 0 Å². The molecule has 19 heavy (non-hydrogen) atoms. The highest BCUT2D eigenvalue weighted by Gasteiger charge is 2.20. The molecular formula is C16H26N2O. The van der Waals surface area contributed by atoms with Gasteiger partial charge in [-0.3, -0.25) is 0 Å². The number of rotatable bonds is 5. The molecule has 1 aromatic rings.